The van der Waals surface area contributed by atoms with Crippen LogP contribution in [0.4, 0.5) is 0 Å². The van der Waals surface area contributed by atoms with Crippen molar-refractivity contribution in [3.8, 4) is 0 Å². The summed E-state index contributed by atoms with van der Waals surface area (Å²) in [6.07, 6.45) is 0. The van der Waals surface area contributed by atoms with Crippen LogP contribution in [-0.2, 0) is 0 Å². The minimum absolute atomic E-state index is 0.366. The van der Waals surface area contributed by atoms with Gasteiger partial charge in [0.05, 0.1) is 0 Å². The van der Waals surface area contributed by atoms with E-state index in [2.05, 4.69) is 182 Å². The van der Waals surface area contributed by atoms with E-state index in [1.165, 1.54) is 30.1 Å². The Kier molecular flexibility index (Phi) is 10.9. The van der Waals surface area contributed by atoms with Gasteiger partial charge >= 0.3 is 267 Å². The maximum absolute atomic E-state index is 2.40. The first kappa shape index (κ1) is 29.7. The Hall–Kier alpha value is -2.35. The molecule has 0 spiro atoms. The molecule has 0 aliphatic carbocycles. The van der Waals surface area contributed by atoms with Crippen molar-refractivity contribution < 1.29 is 0 Å². The Morgan fingerprint density at radius 3 is 0.810 bits per heavy atom. The Labute approximate surface area is 265 Å². The summed E-state index contributed by atoms with van der Waals surface area (Å²) < 4.78 is 3.04. The van der Waals surface area contributed by atoms with Crippen LogP contribution in [0.5, 0.6) is 0 Å². The molecule has 0 saturated carbocycles. The van der Waals surface area contributed by atoms with Crippen LogP contribution in [0.3, 0.4) is 0 Å². The summed E-state index contributed by atoms with van der Waals surface area (Å²) in [6, 6.07) is 68.5. The van der Waals surface area contributed by atoms with Gasteiger partial charge in [-0.3, -0.25) is 0 Å². The van der Waals surface area contributed by atoms with E-state index in [4.69, 9.17) is 0 Å². The molecule has 0 saturated heterocycles. The average Bonchev–Trinajstić information content (AvgIpc) is 3.07. The third kappa shape index (κ3) is 7.59. The Balaban J connectivity index is 1.61. The molecule has 0 aliphatic rings. The average molecular weight is 726 g/mol. The van der Waals surface area contributed by atoms with E-state index in [0.29, 0.717) is 34.2 Å². The van der Waals surface area contributed by atoms with Gasteiger partial charge in [0.2, 0.25) is 0 Å². The van der Waals surface area contributed by atoms with Crippen LogP contribution in [0.25, 0.3) is 0 Å². The molecule has 6 aromatic carbocycles. The fraction of sp³-hybridized carbons (Fsp3) is 0.0270. The molecule has 6 aromatic rings. The molecule has 0 bridgehead atoms. The number of hydrogen-bond acceptors (Lipinski definition) is 0. The monoisotopic (exact) mass is 728 g/mol. The Morgan fingerprint density at radius 2 is 0.548 bits per heavy atom. The Bertz CT molecular complexity index is 1420. The third-order valence-corrected chi connectivity index (χ3v) is 34.1. The summed E-state index contributed by atoms with van der Waals surface area (Å²) in [7, 11) is -1.29. The zero-order chi connectivity index (χ0) is 28.4. The summed E-state index contributed by atoms with van der Waals surface area (Å²) in [5.74, 6) is 0. The van der Waals surface area contributed by atoms with Crippen molar-refractivity contribution in [1.82, 2.24) is 0 Å². The van der Waals surface area contributed by atoms with Crippen LogP contribution in [0, 0.1) is 0 Å². The van der Waals surface area contributed by atoms with E-state index in [0.717, 1.165) is 0 Å². The zero-order valence-corrected chi connectivity index (χ0v) is 29.2. The van der Waals surface area contributed by atoms with E-state index >= 15 is 0 Å². The summed E-state index contributed by atoms with van der Waals surface area (Å²) in [5.41, 5.74) is 0. The van der Waals surface area contributed by atoms with Crippen LogP contribution in [-0.4, -0.2) is 34.2 Å². The van der Waals surface area contributed by atoms with E-state index in [1.54, 1.807) is 0 Å². The predicted octanol–water partition coefficient (Wildman–Crippen LogP) is 6.91. The van der Waals surface area contributed by atoms with Gasteiger partial charge in [-0.25, -0.2) is 0 Å². The van der Waals surface area contributed by atoms with E-state index < -0.39 is 15.8 Å². The molecular weight excluding hydrogens is 695 g/mol. The topological polar surface area (TPSA) is 0 Å². The fourth-order valence-corrected chi connectivity index (χ4v) is 38.1. The zero-order valence-electron chi connectivity index (χ0n) is 23.1. The van der Waals surface area contributed by atoms with Gasteiger partial charge in [0.1, 0.15) is 0 Å². The molecule has 6 rings (SSSR count). The molecule has 0 aromatic heterocycles. The van der Waals surface area contributed by atoms with E-state index in [9.17, 15) is 0 Å². The summed E-state index contributed by atoms with van der Waals surface area (Å²) >= 11 is 0.733. The first-order chi connectivity index (χ1) is 20.9. The Morgan fingerprint density at radius 1 is 0.310 bits per heavy atom. The van der Waals surface area contributed by atoms with Crippen LogP contribution in [0.2, 0.25) is 0 Å². The van der Waals surface area contributed by atoms with Crippen molar-refractivity contribution in [2.45, 2.75) is 5.14 Å². The molecule has 206 valence electrons. The van der Waals surface area contributed by atoms with Gasteiger partial charge in [0.15, 0.2) is 0 Å². The van der Waals surface area contributed by atoms with Gasteiger partial charge in [-0.15, -0.1) is 0 Å². The van der Waals surface area contributed by atoms with Crippen molar-refractivity contribution in [3.05, 3.63) is 182 Å². The standard InChI is InChI=1S/C37H31P3Se2/c1-7-19-31(20-8-1)38(32-21-9-2-10-22-32)37(39(33-23-11-3-12-24-33)34-25-13-4-14-26-34)40(41-35-27-15-5-16-28-35)42-36-29-17-6-18-30-36/h1-30,37H. The van der Waals surface area contributed by atoms with Crippen molar-refractivity contribution in [2.24, 2.45) is 0 Å². The van der Waals surface area contributed by atoms with E-state index in [-0.39, 0.29) is 5.30 Å². The van der Waals surface area contributed by atoms with E-state index in [1.807, 2.05) is 0 Å². The molecule has 5 heteroatoms. The number of hydrogen-bond donors (Lipinski definition) is 0. The van der Waals surface area contributed by atoms with Gasteiger partial charge in [-0.2, -0.15) is 0 Å². The number of benzene rings is 6. The molecule has 0 heterocycles. The van der Waals surface area contributed by atoms with Gasteiger partial charge in [-0.1, -0.05) is 0 Å². The molecule has 0 unspecified atom stereocenters. The molecule has 0 amide bonds. The predicted molar refractivity (Wildman–Crippen MR) is 193 cm³/mol. The van der Waals surface area contributed by atoms with Crippen LogP contribution in [0.15, 0.2) is 182 Å². The summed E-state index contributed by atoms with van der Waals surface area (Å²) in [5, 5.41) is 6.12. The van der Waals surface area contributed by atoms with Gasteiger partial charge < -0.3 is 0 Å². The second-order valence-electron chi connectivity index (χ2n) is 9.52. The van der Waals surface area contributed by atoms with Crippen molar-refractivity contribution in [1.29, 1.82) is 0 Å². The van der Waals surface area contributed by atoms with Crippen LogP contribution in [0.1, 0.15) is 0 Å². The molecule has 42 heavy (non-hydrogen) atoms. The molecule has 0 atom stereocenters. The quantitative estimate of drug-likeness (QED) is 0.101. The van der Waals surface area contributed by atoms with Crippen LogP contribution < -0.4 is 30.1 Å². The molecule has 0 nitrogen and oxygen atoms in total. The first-order valence-electron chi connectivity index (χ1n) is 13.9. The van der Waals surface area contributed by atoms with Gasteiger partial charge in [-0.05, 0) is 0 Å². The molecule has 0 aliphatic heterocycles. The van der Waals surface area contributed by atoms with Crippen molar-refractivity contribution >= 4 is 80.3 Å². The van der Waals surface area contributed by atoms with Crippen molar-refractivity contribution in [2.75, 3.05) is 0 Å². The second-order valence-corrected chi connectivity index (χ2v) is 29.5. The SMILES string of the molecule is c1ccc([Se]P([Se]c2ccccc2)C(P(c2ccccc2)c2ccccc2)P(c2ccccc2)c2ccccc2)cc1. The maximum atomic E-state index is 2.40. The molecule has 0 fully saturated rings. The second kappa shape index (κ2) is 15.4. The van der Waals surface area contributed by atoms with Gasteiger partial charge in [0.25, 0.3) is 0 Å². The summed E-state index contributed by atoms with van der Waals surface area (Å²) in [4.78, 5) is 0. The third-order valence-electron chi connectivity index (χ3n) is 6.67. The summed E-state index contributed by atoms with van der Waals surface area (Å²) in [6.45, 7) is 0. The molecular formula is C37H31P3Se2. The van der Waals surface area contributed by atoms with Gasteiger partial charge in [0, 0.05) is 0 Å². The number of rotatable bonds is 11. The first-order valence-corrected chi connectivity index (χ1v) is 24.3. The molecule has 0 N–H and O–H groups in total. The normalized spacial score (nSPS) is 11.4. The fourth-order valence-electron chi connectivity index (χ4n) is 4.77. The minimum atomic E-state index is -0.644. The van der Waals surface area contributed by atoms with Crippen LogP contribution >= 0.6 is 21.1 Å². The molecule has 0 radical (unpaired) electrons. The van der Waals surface area contributed by atoms with Crippen molar-refractivity contribution in [3.63, 3.8) is 0 Å².